The highest BCUT2D eigenvalue weighted by Crippen LogP contribution is 2.21. The molecule has 1 atom stereocenters. The van der Waals surface area contributed by atoms with Crippen LogP contribution in [-0.2, 0) is 17.8 Å². The Hall–Kier alpha value is -1.39. The van der Waals surface area contributed by atoms with Crippen molar-refractivity contribution in [2.45, 2.75) is 39.0 Å². The summed E-state index contributed by atoms with van der Waals surface area (Å²) in [6, 6.07) is 6.27. The molecule has 0 amide bonds. The molecule has 2 heterocycles. The van der Waals surface area contributed by atoms with E-state index in [2.05, 4.69) is 34.7 Å². The first-order valence-electron chi connectivity index (χ1n) is 6.55. The second kappa shape index (κ2) is 4.71. The first-order valence-corrected chi connectivity index (χ1v) is 6.55. The van der Waals surface area contributed by atoms with Gasteiger partial charge in [0.1, 0.15) is 5.82 Å². The maximum Gasteiger partial charge on any atom is 0.106 e. The van der Waals surface area contributed by atoms with E-state index in [-0.39, 0.29) is 0 Å². The summed E-state index contributed by atoms with van der Waals surface area (Å²) in [6.45, 7) is 4.42. The molecule has 0 saturated carbocycles. The van der Waals surface area contributed by atoms with Crippen LogP contribution >= 0.6 is 0 Å². The van der Waals surface area contributed by atoms with Crippen LogP contribution in [0.25, 0.3) is 11.0 Å². The molecular weight excluding hydrogens is 226 g/mol. The average molecular weight is 245 g/mol. The van der Waals surface area contributed by atoms with Crippen LogP contribution in [0.15, 0.2) is 18.2 Å². The van der Waals surface area contributed by atoms with Crippen LogP contribution in [0.5, 0.6) is 0 Å². The standard InChI is InChI=1S/C14H19N3O/c1-10-16-13-7-11(8-15)4-5-14(13)17(10)9-12-3-2-6-18-12/h4-5,7,12H,2-3,6,8-9,15H2,1H3. The van der Waals surface area contributed by atoms with Crippen molar-refractivity contribution in [2.75, 3.05) is 6.61 Å². The molecule has 96 valence electrons. The second-order valence-corrected chi connectivity index (χ2v) is 4.93. The lowest BCUT2D eigenvalue weighted by atomic mass is 10.2. The van der Waals surface area contributed by atoms with Crippen molar-refractivity contribution in [2.24, 2.45) is 5.73 Å². The molecule has 4 nitrogen and oxygen atoms in total. The Labute approximate surface area is 107 Å². The largest absolute Gasteiger partial charge is 0.376 e. The van der Waals surface area contributed by atoms with Gasteiger partial charge in [0.05, 0.1) is 23.7 Å². The highest BCUT2D eigenvalue weighted by atomic mass is 16.5. The molecule has 1 aromatic carbocycles. The van der Waals surface area contributed by atoms with Crippen molar-refractivity contribution in [3.05, 3.63) is 29.6 Å². The predicted molar refractivity (Wildman–Crippen MR) is 71.3 cm³/mol. The van der Waals surface area contributed by atoms with Gasteiger partial charge in [-0.25, -0.2) is 4.98 Å². The topological polar surface area (TPSA) is 53.1 Å². The summed E-state index contributed by atoms with van der Waals surface area (Å²) in [6.07, 6.45) is 2.67. The third-order valence-corrected chi connectivity index (χ3v) is 3.65. The van der Waals surface area contributed by atoms with Gasteiger partial charge in [-0.1, -0.05) is 6.07 Å². The van der Waals surface area contributed by atoms with Crippen LogP contribution in [0, 0.1) is 6.92 Å². The van der Waals surface area contributed by atoms with Gasteiger partial charge < -0.3 is 15.0 Å². The lowest BCUT2D eigenvalue weighted by Crippen LogP contribution is -2.15. The monoisotopic (exact) mass is 245 g/mol. The minimum absolute atomic E-state index is 0.343. The summed E-state index contributed by atoms with van der Waals surface area (Å²) in [4.78, 5) is 4.62. The third kappa shape index (κ3) is 2.02. The predicted octanol–water partition coefficient (Wildman–Crippen LogP) is 1.98. The molecule has 1 saturated heterocycles. The second-order valence-electron chi connectivity index (χ2n) is 4.93. The van der Waals surface area contributed by atoms with Crippen molar-refractivity contribution in [3.8, 4) is 0 Å². The third-order valence-electron chi connectivity index (χ3n) is 3.65. The van der Waals surface area contributed by atoms with Crippen molar-refractivity contribution in [3.63, 3.8) is 0 Å². The fourth-order valence-electron chi connectivity index (χ4n) is 2.65. The van der Waals surface area contributed by atoms with Crippen LogP contribution in [0.1, 0.15) is 24.2 Å². The normalized spacial score (nSPS) is 19.8. The zero-order chi connectivity index (χ0) is 12.5. The highest BCUT2D eigenvalue weighted by molar-refractivity contribution is 5.76. The van der Waals surface area contributed by atoms with Crippen LogP contribution in [-0.4, -0.2) is 22.3 Å². The van der Waals surface area contributed by atoms with Crippen LogP contribution in [0.3, 0.4) is 0 Å². The Balaban J connectivity index is 1.97. The molecule has 1 fully saturated rings. The number of aryl methyl sites for hydroxylation is 1. The minimum Gasteiger partial charge on any atom is -0.376 e. The molecule has 3 rings (SSSR count). The lowest BCUT2D eigenvalue weighted by molar-refractivity contribution is 0.0974. The van der Waals surface area contributed by atoms with E-state index in [1.165, 1.54) is 11.9 Å². The zero-order valence-electron chi connectivity index (χ0n) is 10.7. The summed E-state index contributed by atoms with van der Waals surface area (Å²) in [5.41, 5.74) is 9.01. The molecule has 2 aromatic rings. The van der Waals surface area contributed by atoms with E-state index < -0.39 is 0 Å². The number of rotatable bonds is 3. The molecule has 18 heavy (non-hydrogen) atoms. The first-order chi connectivity index (χ1) is 8.78. The van der Waals surface area contributed by atoms with E-state index in [1.54, 1.807) is 0 Å². The van der Waals surface area contributed by atoms with E-state index in [1.807, 2.05) is 0 Å². The van der Waals surface area contributed by atoms with E-state index in [4.69, 9.17) is 10.5 Å². The van der Waals surface area contributed by atoms with E-state index in [9.17, 15) is 0 Å². The van der Waals surface area contributed by atoms with E-state index >= 15 is 0 Å². The number of nitrogens with two attached hydrogens (primary N) is 1. The van der Waals surface area contributed by atoms with Gasteiger partial charge in [-0.2, -0.15) is 0 Å². The van der Waals surface area contributed by atoms with Gasteiger partial charge in [-0.15, -0.1) is 0 Å². The highest BCUT2D eigenvalue weighted by Gasteiger charge is 2.18. The Morgan fingerprint density at radius 3 is 3.11 bits per heavy atom. The number of nitrogens with zero attached hydrogens (tertiary/aromatic N) is 2. The maximum atomic E-state index is 5.71. The van der Waals surface area contributed by atoms with Gasteiger partial charge in [0.15, 0.2) is 0 Å². The van der Waals surface area contributed by atoms with E-state index in [0.717, 1.165) is 36.5 Å². The zero-order valence-corrected chi connectivity index (χ0v) is 10.7. The summed E-state index contributed by atoms with van der Waals surface area (Å²) in [7, 11) is 0. The number of ether oxygens (including phenoxy) is 1. The molecule has 0 spiro atoms. The van der Waals surface area contributed by atoms with Gasteiger partial charge in [0.25, 0.3) is 0 Å². The maximum absolute atomic E-state index is 5.71. The SMILES string of the molecule is Cc1nc2cc(CN)ccc2n1CC1CCCO1. The molecule has 1 unspecified atom stereocenters. The Morgan fingerprint density at radius 2 is 2.39 bits per heavy atom. The summed E-state index contributed by atoms with van der Waals surface area (Å²) < 4.78 is 7.96. The van der Waals surface area contributed by atoms with Gasteiger partial charge in [-0.3, -0.25) is 0 Å². The number of fused-ring (bicyclic) bond motifs is 1. The minimum atomic E-state index is 0.343. The quantitative estimate of drug-likeness (QED) is 0.899. The number of imidazole rings is 1. The molecule has 1 aliphatic rings. The fraction of sp³-hybridized carbons (Fsp3) is 0.500. The molecule has 1 aliphatic heterocycles. The average Bonchev–Trinajstić information content (AvgIpc) is 2.98. The number of hydrogen-bond donors (Lipinski definition) is 1. The van der Waals surface area contributed by atoms with Crippen LogP contribution < -0.4 is 5.73 Å². The Kier molecular flexibility index (Phi) is 3.06. The van der Waals surface area contributed by atoms with Crippen molar-refractivity contribution < 1.29 is 4.74 Å². The first kappa shape index (κ1) is 11.7. The van der Waals surface area contributed by atoms with Gasteiger partial charge >= 0.3 is 0 Å². The molecule has 2 N–H and O–H groups in total. The summed E-state index contributed by atoms with van der Waals surface area (Å²) >= 11 is 0. The molecular formula is C14H19N3O. The summed E-state index contributed by atoms with van der Waals surface area (Å²) in [5.74, 6) is 1.05. The molecule has 0 radical (unpaired) electrons. The Morgan fingerprint density at radius 1 is 1.50 bits per heavy atom. The molecule has 0 bridgehead atoms. The van der Waals surface area contributed by atoms with Crippen molar-refractivity contribution in [1.29, 1.82) is 0 Å². The molecule has 0 aliphatic carbocycles. The van der Waals surface area contributed by atoms with E-state index in [0.29, 0.717) is 12.6 Å². The number of aromatic nitrogens is 2. The summed E-state index contributed by atoms with van der Waals surface area (Å²) in [5, 5.41) is 0. The number of benzene rings is 1. The molecule has 1 aromatic heterocycles. The van der Waals surface area contributed by atoms with Gasteiger partial charge in [0, 0.05) is 13.2 Å². The smallest absolute Gasteiger partial charge is 0.106 e. The molecule has 4 heteroatoms. The fourth-order valence-corrected chi connectivity index (χ4v) is 2.65. The van der Waals surface area contributed by atoms with Crippen molar-refractivity contribution in [1.82, 2.24) is 9.55 Å². The van der Waals surface area contributed by atoms with Gasteiger partial charge in [-0.05, 0) is 37.5 Å². The van der Waals surface area contributed by atoms with Crippen LogP contribution in [0.4, 0.5) is 0 Å². The van der Waals surface area contributed by atoms with Crippen LogP contribution in [0.2, 0.25) is 0 Å². The Bertz CT molecular complexity index is 555. The van der Waals surface area contributed by atoms with Gasteiger partial charge in [0.2, 0.25) is 0 Å². The number of hydrogen-bond acceptors (Lipinski definition) is 3. The van der Waals surface area contributed by atoms with Crippen molar-refractivity contribution >= 4 is 11.0 Å². The lowest BCUT2D eigenvalue weighted by Gasteiger charge is -2.12.